The van der Waals surface area contributed by atoms with Gasteiger partial charge in [0.15, 0.2) is 0 Å². The standard InChI is InChI=1S/C27H24F3N3O3/c1-15-14-20(12-13-21(15)22-6-4-5-7-23(22)27(28,29)30)25-32-24(33-36-25)19-10-8-18(9-11-19)16(2)31-17(3)26(34)35/h4-14,16-17,31H,1-3H3,(H,34,35)/t16-,17-/m1/s1. The number of carbonyl (C=O) groups is 1. The molecule has 4 rings (SSSR count). The maximum absolute atomic E-state index is 13.5. The number of halogens is 3. The van der Waals surface area contributed by atoms with Crippen molar-refractivity contribution in [2.24, 2.45) is 0 Å². The largest absolute Gasteiger partial charge is 0.480 e. The highest BCUT2D eigenvalue weighted by Gasteiger charge is 2.33. The zero-order valence-corrected chi connectivity index (χ0v) is 19.8. The highest BCUT2D eigenvalue weighted by Crippen LogP contribution is 2.38. The third-order valence-corrected chi connectivity index (χ3v) is 5.96. The third kappa shape index (κ3) is 5.31. The second kappa shape index (κ2) is 9.94. The number of hydrogen-bond donors (Lipinski definition) is 2. The zero-order chi connectivity index (χ0) is 26.0. The average Bonchev–Trinajstić information content (AvgIpc) is 3.34. The van der Waals surface area contributed by atoms with E-state index in [1.807, 2.05) is 31.2 Å². The van der Waals surface area contributed by atoms with Crippen LogP contribution in [-0.2, 0) is 11.0 Å². The monoisotopic (exact) mass is 495 g/mol. The average molecular weight is 496 g/mol. The summed E-state index contributed by atoms with van der Waals surface area (Å²) in [7, 11) is 0. The molecule has 2 atom stereocenters. The van der Waals surface area contributed by atoms with E-state index in [0.29, 0.717) is 28.1 Å². The van der Waals surface area contributed by atoms with E-state index in [9.17, 15) is 18.0 Å². The van der Waals surface area contributed by atoms with Gasteiger partial charge in [0.25, 0.3) is 5.89 Å². The van der Waals surface area contributed by atoms with Crippen molar-refractivity contribution in [3.63, 3.8) is 0 Å². The van der Waals surface area contributed by atoms with Crippen molar-refractivity contribution in [1.29, 1.82) is 0 Å². The predicted octanol–water partition coefficient (Wildman–Crippen LogP) is 6.52. The first-order valence-electron chi connectivity index (χ1n) is 11.2. The molecule has 0 saturated heterocycles. The Hall–Kier alpha value is -3.98. The van der Waals surface area contributed by atoms with E-state index < -0.39 is 23.8 Å². The Morgan fingerprint density at radius 2 is 1.64 bits per heavy atom. The number of carboxylic acids is 1. The van der Waals surface area contributed by atoms with Crippen LogP contribution < -0.4 is 5.32 Å². The van der Waals surface area contributed by atoms with Gasteiger partial charge in [-0.15, -0.1) is 0 Å². The molecule has 0 unspecified atom stereocenters. The molecule has 1 aromatic heterocycles. The summed E-state index contributed by atoms with van der Waals surface area (Å²) in [4.78, 5) is 15.5. The maximum Gasteiger partial charge on any atom is 0.417 e. The zero-order valence-electron chi connectivity index (χ0n) is 19.8. The summed E-state index contributed by atoms with van der Waals surface area (Å²) >= 11 is 0. The smallest absolute Gasteiger partial charge is 0.417 e. The fourth-order valence-electron chi connectivity index (χ4n) is 3.99. The molecule has 0 fully saturated rings. The number of benzene rings is 3. The number of hydrogen-bond acceptors (Lipinski definition) is 5. The van der Waals surface area contributed by atoms with Crippen molar-refractivity contribution in [1.82, 2.24) is 15.5 Å². The summed E-state index contributed by atoms with van der Waals surface area (Å²) in [6.07, 6.45) is -4.46. The van der Waals surface area contributed by atoms with Crippen molar-refractivity contribution < 1.29 is 27.6 Å². The molecular weight excluding hydrogens is 471 g/mol. The molecule has 0 saturated carbocycles. The van der Waals surface area contributed by atoms with Crippen molar-refractivity contribution in [3.05, 3.63) is 83.4 Å². The lowest BCUT2D eigenvalue weighted by atomic mass is 9.94. The van der Waals surface area contributed by atoms with E-state index in [1.54, 1.807) is 38.1 Å². The van der Waals surface area contributed by atoms with Gasteiger partial charge in [0, 0.05) is 17.2 Å². The molecule has 0 aliphatic heterocycles. The van der Waals surface area contributed by atoms with Crippen molar-refractivity contribution >= 4 is 5.97 Å². The first kappa shape index (κ1) is 25.1. The number of aromatic nitrogens is 2. The minimum absolute atomic E-state index is 0.113. The third-order valence-electron chi connectivity index (χ3n) is 5.96. The van der Waals surface area contributed by atoms with Gasteiger partial charge in [0.05, 0.1) is 5.56 Å². The summed E-state index contributed by atoms with van der Waals surface area (Å²) < 4.78 is 45.8. The van der Waals surface area contributed by atoms with Gasteiger partial charge in [-0.05, 0) is 61.2 Å². The van der Waals surface area contributed by atoms with Crippen LogP contribution in [0.3, 0.4) is 0 Å². The fraction of sp³-hybridized carbons (Fsp3) is 0.222. The minimum atomic E-state index is -4.46. The molecule has 0 spiro atoms. The molecule has 6 nitrogen and oxygen atoms in total. The minimum Gasteiger partial charge on any atom is -0.480 e. The molecule has 3 aromatic carbocycles. The molecule has 0 aliphatic carbocycles. The summed E-state index contributed by atoms with van der Waals surface area (Å²) in [6, 6.07) is 17.0. The normalized spacial score (nSPS) is 13.4. The molecule has 0 aliphatic rings. The number of rotatable bonds is 7. The van der Waals surface area contributed by atoms with Crippen LogP contribution in [0, 0.1) is 6.92 Å². The number of alkyl halides is 3. The number of carboxylic acid groups (broad SMARTS) is 1. The van der Waals surface area contributed by atoms with Crippen molar-refractivity contribution in [2.75, 3.05) is 0 Å². The van der Waals surface area contributed by atoms with Gasteiger partial charge in [0.1, 0.15) is 6.04 Å². The van der Waals surface area contributed by atoms with Crippen molar-refractivity contribution in [2.45, 2.75) is 39.0 Å². The van der Waals surface area contributed by atoms with Gasteiger partial charge in [-0.3, -0.25) is 10.1 Å². The van der Waals surface area contributed by atoms with E-state index in [2.05, 4.69) is 15.5 Å². The second-order valence-electron chi connectivity index (χ2n) is 8.57. The molecular formula is C27H24F3N3O3. The van der Waals surface area contributed by atoms with Crippen LogP contribution in [0.4, 0.5) is 13.2 Å². The Morgan fingerprint density at radius 3 is 2.28 bits per heavy atom. The molecule has 0 amide bonds. The second-order valence-corrected chi connectivity index (χ2v) is 8.57. The van der Waals surface area contributed by atoms with Gasteiger partial charge < -0.3 is 9.63 Å². The molecule has 0 radical (unpaired) electrons. The molecule has 1 heterocycles. The van der Waals surface area contributed by atoms with Crippen molar-refractivity contribution in [3.8, 4) is 34.0 Å². The highest BCUT2D eigenvalue weighted by molar-refractivity contribution is 5.74. The van der Waals surface area contributed by atoms with Crippen LogP contribution in [0.1, 0.15) is 36.6 Å². The summed E-state index contributed by atoms with van der Waals surface area (Å²) in [5, 5.41) is 16.1. The number of nitrogens with one attached hydrogen (secondary N) is 1. The first-order valence-corrected chi connectivity index (χ1v) is 11.2. The van der Waals surface area contributed by atoms with Crippen LogP contribution in [-0.4, -0.2) is 27.3 Å². The van der Waals surface area contributed by atoms with Crippen LogP contribution in [0.5, 0.6) is 0 Å². The molecule has 4 aromatic rings. The summed E-state index contributed by atoms with van der Waals surface area (Å²) in [5.41, 5.74) is 2.75. The van der Waals surface area contributed by atoms with E-state index in [0.717, 1.165) is 11.6 Å². The Bertz CT molecular complexity index is 1380. The topological polar surface area (TPSA) is 88.2 Å². The Morgan fingerprint density at radius 1 is 0.972 bits per heavy atom. The van der Waals surface area contributed by atoms with Crippen LogP contribution in [0.2, 0.25) is 0 Å². The Kier molecular flexibility index (Phi) is 6.94. The fourth-order valence-corrected chi connectivity index (χ4v) is 3.99. The van der Waals surface area contributed by atoms with E-state index in [4.69, 9.17) is 9.63 Å². The summed E-state index contributed by atoms with van der Waals surface area (Å²) in [5.74, 6) is -0.316. The summed E-state index contributed by atoms with van der Waals surface area (Å²) in [6.45, 7) is 5.19. The van der Waals surface area contributed by atoms with Crippen LogP contribution >= 0.6 is 0 Å². The van der Waals surface area contributed by atoms with Gasteiger partial charge in [-0.1, -0.05) is 53.7 Å². The lowest BCUT2D eigenvalue weighted by molar-refractivity contribution is -0.139. The lowest BCUT2D eigenvalue weighted by Gasteiger charge is -2.17. The molecule has 9 heteroatoms. The molecule has 2 N–H and O–H groups in total. The maximum atomic E-state index is 13.5. The number of aliphatic carboxylic acids is 1. The van der Waals surface area contributed by atoms with Crippen LogP contribution in [0.15, 0.2) is 71.3 Å². The highest BCUT2D eigenvalue weighted by atomic mass is 19.4. The lowest BCUT2D eigenvalue weighted by Crippen LogP contribution is -2.35. The van der Waals surface area contributed by atoms with Gasteiger partial charge >= 0.3 is 12.1 Å². The van der Waals surface area contributed by atoms with Gasteiger partial charge in [-0.25, -0.2) is 0 Å². The van der Waals surface area contributed by atoms with E-state index in [-0.39, 0.29) is 17.5 Å². The quantitative estimate of drug-likeness (QED) is 0.303. The SMILES string of the molecule is Cc1cc(-c2nc(-c3ccc([C@@H](C)N[C@H](C)C(=O)O)cc3)no2)ccc1-c1ccccc1C(F)(F)F. The van der Waals surface area contributed by atoms with Gasteiger partial charge in [0.2, 0.25) is 5.82 Å². The molecule has 36 heavy (non-hydrogen) atoms. The number of aryl methyl sites for hydroxylation is 1. The van der Waals surface area contributed by atoms with E-state index in [1.165, 1.54) is 12.1 Å². The Balaban J connectivity index is 1.56. The first-order chi connectivity index (χ1) is 17.0. The van der Waals surface area contributed by atoms with Gasteiger partial charge in [-0.2, -0.15) is 18.2 Å². The van der Waals surface area contributed by atoms with E-state index >= 15 is 0 Å². The predicted molar refractivity (Wildman–Crippen MR) is 129 cm³/mol. The Labute approximate surface area is 205 Å². The molecule has 186 valence electrons. The van der Waals surface area contributed by atoms with Crippen LogP contribution in [0.25, 0.3) is 34.0 Å². The number of nitrogens with zero attached hydrogens (tertiary/aromatic N) is 2. The molecule has 0 bridgehead atoms.